The highest BCUT2D eigenvalue weighted by molar-refractivity contribution is 6.30. The summed E-state index contributed by atoms with van der Waals surface area (Å²) in [6.07, 6.45) is 0.872. The lowest BCUT2D eigenvalue weighted by molar-refractivity contribution is -0.144. The second kappa shape index (κ2) is 7.87. The minimum atomic E-state index is -0.602. The average molecular weight is 393 g/mol. The van der Waals surface area contributed by atoms with Crippen LogP contribution in [-0.4, -0.2) is 25.0 Å². The number of halogens is 1. The van der Waals surface area contributed by atoms with Crippen LogP contribution in [0.3, 0.4) is 0 Å². The standard InChI is InChI=1S/C23H17ClO4/c24-18-7-9-19(10-8-18)27-14-23(26)28-13-22(25)17-6-5-16-11-15-3-1-2-4-20(15)21(16)12-17/h1-10,12H,11,13-14H2. The Balaban J connectivity index is 1.34. The van der Waals surface area contributed by atoms with E-state index in [0.717, 1.165) is 17.5 Å². The van der Waals surface area contributed by atoms with Gasteiger partial charge in [-0.1, -0.05) is 48.0 Å². The second-order valence-electron chi connectivity index (χ2n) is 6.53. The van der Waals surface area contributed by atoms with Crippen molar-refractivity contribution >= 4 is 23.4 Å². The molecule has 4 nitrogen and oxygen atoms in total. The molecule has 0 heterocycles. The molecule has 0 saturated carbocycles. The van der Waals surface area contributed by atoms with Gasteiger partial charge < -0.3 is 9.47 Å². The first kappa shape index (κ1) is 18.3. The van der Waals surface area contributed by atoms with Crippen LogP contribution in [0.2, 0.25) is 5.02 Å². The molecule has 3 aromatic rings. The summed E-state index contributed by atoms with van der Waals surface area (Å²) >= 11 is 5.80. The average Bonchev–Trinajstić information content (AvgIpc) is 3.09. The summed E-state index contributed by atoms with van der Waals surface area (Å²) in [5.41, 5.74) is 5.21. The van der Waals surface area contributed by atoms with E-state index in [9.17, 15) is 9.59 Å². The van der Waals surface area contributed by atoms with Crippen molar-refractivity contribution in [3.8, 4) is 16.9 Å². The number of rotatable bonds is 6. The number of ketones is 1. The Morgan fingerprint density at radius 2 is 1.61 bits per heavy atom. The molecule has 1 aliphatic rings. The van der Waals surface area contributed by atoms with Crippen molar-refractivity contribution in [3.63, 3.8) is 0 Å². The third kappa shape index (κ3) is 3.92. The Bertz CT molecular complexity index is 1040. The van der Waals surface area contributed by atoms with E-state index in [0.29, 0.717) is 16.3 Å². The van der Waals surface area contributed by atoms with Gasteiger partial charge in [0.15, 0.2) is 19.0 Å². The lowest BCUT2D eigenvalue weighted by atomic mass is 10.0. The molecule has 1 aliphatic carbocycles. The molecule has 140 valence electrons. The minimum absolute atomic E-state index is 0.243. The van der Waals surface area contributed by atoms with E-state index in [1.807, 2.05) is 24.3 Å². The van der Waals surface area contributed by atoms with E-state index < -0.39 is 5.97 Å². The van der Waals surface area contributed by atoms with E-state index in [-0.39, 0.29) is 19.0 Å². The molecule has 0 aliphatic heterocycles. The van der Waals surface area contributed by atoms with Crippen molar-refractivity contribution in [2.45, 2.75) is 6.42 Å². The normalized spacial score (nSPS) is 11.5. The fourth-order valence-electron chi connectivity index (χ4n) is 3.24. The molecule has 0 aromatic heterocycles. The molecule has 0 bridgehead atoms. The molecule has 28 heavy (non-hydrogen) atoms. The van der Waals surface area contributed by atoms with Gasteiger partial charge in [0.25, 0.3) is 0 Å². The Morgan fingerprint density at radius 3 is 2.43 bits per heavy atom. The monoisotopic (exact) mass is 392 g/mol. The van der Waals surface area contributed by atoms with Crippen LogP contribution in [0.4, 0.5) is 0 Å². The van der Waals surface area contributed by atoms with Crippen molar-refractivity contribution in [3.05, 3.63) is 88.4 Å². The molecule has 0 N–H and O–H groups in total. The number of ether oxygens (including phenoxy) is 2. The number of carbonyl (C=O) groups is 2. The van der Waals surface area contributed by atoms with Gasteiger partial charge in [0, 0.05) is 10.6 Å². The molecule has 0 spiro atoms. The van der Waals surface area contributed by atoms with Gasteiger partial charge in [0.05, 0.1) is 0 Å². The van der Waals surface area contributed by atoms with Crippen LogP contribution < -0.4 is 4.74 Å². The number of esters is 1. The summed E-state index contributed by atoms with van der Waals surface area (Å²) in [7, 11) is 0. The largest absolute Gasteiger partial charge is 0.482 e. The van der Waals surface area contributed by atoms with E-state index in [1.54, 1.807) is 30.3 Å². The van der Waals surface area contributed by atoms with Crippen LogP contribution >= 0.6 is 11.6 Å². The first-order chi connectivity index (χ1) is 13.6. The summed E-state index contributed by atoms with van der Waals surface area (Å²) in [6.45, 7) is -0.588. The van der Waals surface area contributed by atoms with Gasteiger partial charge in [-0.25, -0.2) is 4.79 Å². The van der Waals surface area contributed by atoms with E-state index in [4.69, 9.17) is 21.1 Å². The van der Waals surface area contributed by atoms with Crippen molar-refractivity contribution in [1.29, 1.82) is 0 Å². The maximum Gasteiger partial charge on any atom is 0.344 e. The SMILES string of the molecule is O=C(COc1ccc(Cl)cc1)OCC(=O)c1ccc2c(c1)-c1ccccc1C2. The smallest absolute Gasteiger partial charge is 0.344 e. The first-order valence-corrected chi connectivity index (χ1v) is 9.26. The molecule has 0 amide bonds. The second-order valence-corrected chi connectivity index (χ2v) is 6.97. The zero-order chi connectivity index (χ0) is 19.5. The summed E-state index contributed by atoms with van der Waals surface area (Å²) in [5.74, 6) is -0.341. The third-order valence-electron chi connectivity index (χ3n) is 4.65. The highest BCUT2D eigenvalue weighted by Crippen LogP contribution is 2.36. The van der Waals surface area contributed by atoms with Crippen molar-refractivity contribution in [1.82, 2.24) is 0 Å². The van der Waals surface area contributed by atoms with Crippen LogP contribution in [0.25, 0.3) is 11.1 Å². The lowest BCUT2D eigenvalue weighted by Crippen LogP contribution is -2.19. The number of hydrogen-bond acceptors (Lipinski definition) is 4. The van der Waals surface area contributed by atoms with Crippen molar-refractivity contribution in [2.24, 2.45) is 0 Å². The highest BCUT2D eigenvalue weighted by atomic mass is 35.5. The fraction of sp³-hybridized carbons (Fsp3) is 0.130. The lowest BCUT2D eigenvalue weighted by Gasteiger charge is -2.08. The first-order valence-electron chi connectivity index (χ1n) is 8.88. The highest BCUT2D eigenvalue weighted by Gasteiger charge is 2.20. The maximum atomic E-state index is 12.4. The number of hydrogen-bond donors (Lipinski definition) is 0. The van der Waals surface area contributed by atoms with Gasteiger partial charge in [-0.05, 0) is 59.0 Å². The predicted molar refractivity (Wildman–Crippen MR) is 107 cm³/mol. The number of benzene rings is 3. The number of carbonyl (C=O) groups excluding carboxylic acids is 2. The van der Waals surface area contributed by atoms with Crippen LogP contribution in [-0.2, 0) is 16.0 Å². The molecule has 0 unspecified atom stereocenters. The minimum Gasteiger partial charge on any atom is -0.482 e. The van der Waals surface area contributed by atoms with Crippen LogP contribution in [0, 0.1) is 0 Å². The fourth-order valence-corrected chi connectivity index (χ4v) is 3.37. The topological polar surface area (TPSA) is 52.6 Å². The molecular formula is C23H17ClO4. The molecular weight excluding hydrogens is 376 g/mol. The van der Waals surface area contributed by atoms with Crippen LogP contribution in [0.15, 0.2) is 66.7 Å². The summed E-state index contributed by atoms with van der Waals surface area (Å²) in [6, 6.07) is 20.4. The molecule has 4 rings (SSSR count). The molecule has 0 radical (unpaired) electrons. The summed E-state index contributed by atoms with van der Waals surface area (Å²) in [4.78, 5) is 24.3. The Morgan fingerprint density at radius 1 is 0.857 bits per heavy atom. The van der Waals surface area contributed by atoms with Crippen molar-refractivity contribution < 1.29 is 19.1 Å². The number of Topliss-reactive ketones (excluding diaryl/α,β-unsaturated/α-hetero) is 1. The molecule has 0 fully saturated rings. The Labute approximate surface area is 167 Å². The van der Waals surface area contributed by atoms with Crippen LogP contribution in [0.5, 0.6) is 5.75 Å². The summed E-state index contributed by atoms with van der Waals surface area (Å²) in [5, 5.41) is 0.581. The van der Waals surface area contributed by atoms with E-state index in [2.05, 4.69) is 12.1 Å². The number of fused-ring (bicyclic) bond motifs is 3. The third-order valence-corrected chi connectivity index (χ3v) is 4.91. The van der Waals surface area contributed by atoms with Gasteiger partial charge in [0.1, 0.15) is 5.75 Å². The van der Waals surface area contributed by atoms with Gasteiger partial charge in [-0.3, -0.25) is 4.79 Å². The van der Waals surface area contributed by atoms with Crippen molar-refractivity contribution in [2.75, 3.05) is 13.2 Å². The maximum absolute atomic E-state index is 12.4. The predicted octanol–water partition coefficient (Wildman–Crippen LogP) is 4.72. The molecule has 3 aromatic carbocycles. The zero-order valence-electron chi connectivity index (χ0n) is 15.0. The van der Waals surface area contributed by atoms with E-state index in [1.165, 1.54) is 11.1 Å². The van der Waals surface area contributed by atoms with Gasteiger partial charge in [-0.2, -0.15) is 0 Å². The van der Waals surface area contributed by atoms with Gasteiger partial charge in [-0.15, -0.1) is 0 Å². The zero-order valence-corrected chi connectivity index (χ0v) is 15.7. The van der Waals surface area contributed by atoms with Crippen LogP contribution in [0.1, 0.15) is 21.5 Å². The Hall–Kier alpha value is -3.11. The van der Waals surface area contributed by atoms with Gasteiger partial charge >= 0.3 is 5.97 Å². The Kier molecular flexibility index (Phi) is 5.13. The molecule has 0 atom stereocenters. The molecule has 5 heteroatoms. The quantitative estimate of drug-likeness (QED) is 0.352. The van der Waals surface area contributed by atoms with Gasteiger partial charge in [0.2, 0.25) is 0 Å². The molecule has 0 saturated heterocycles. The van der Waals surface area contributed by atoms with E-state index >= 15 is 0 Å². The summed E-state index contributed by atoms with van der Waals surface area (Å²) < 4.78 is 10.4.